The van der Waals surface area contributed by atoms with Gasteiger partial charge in [-0.3, -0.25) is 4.79 Å². The fraction of sp³-hybridized carbons (Fsp3) is 0.500. The van der Waals surface area contributed by atoms with E-state index < -0.39 is 0 Å². The van der Waals surface area contributed by atoms with E-state index in [2.05, 4.69) is 22.3 Å². The summed E-state index contributed by atoms with van der Waals surface area (Å²) in [5, 5.41) is 2.91. The number of amides is 1. The van der Waals surface area contributed by atoms with Gasteiger partial charge in [-0.25, -0.2) is 0 Å². The van der Waals surface area contributed by atoms with E-state index in [4.69, 9.17) is 0 Å². The normalized spacial score (nSPS) is 15.7. The third-order valence-corrected chi connectivity index (χ3v) is 3.17. The summed E-state index contributed by atoms with van der Waals surface area (Å²) in [5.74, 6) is 0.0702. The highest BCUT2D eigenvalue weighted by Crippen LogP contribution is 2.22. The zero-order chi connectivity index (χ0) is 12.1. The van der Waals surface area contributed by atoms with Crippen molar-refractivity contribution in [2.75, 3.05) is 23.3 Å². The second-order valence-corrected chi connectivity index (χ2v) is 4.50. The molecule has 0 atom stereocenters. The summed E-state index contributed by atoms with van der Waals surface area (Å²) in [6, 6.07) is 8.14. The molecule has 3 nitrogen and oxygen atoms in total. The molecule has 1 N–H and O–H groups in total. The number of hydrogen-bond donors (Lipinski definition) is 1. The SMILES string of the molecule is CCC(=O)Nc1cccc(N2CCCCC2)c1. The smallest absolute Gasteiger partial charge is 0.224 e. The summed E-state index contributed by atoms with van der Waals surface area (Å²) in [4.78, 5) is 13.7. The summed E-state index contributed by atoms with van der Waals surface area (Å²) >= 11 is 0. The van der Waals surface area contributed by atoms with E-state index >= 15 is 0 Å². The molecule has 0 radical (unpaired) electrons. The molecular weight excluding hydrogens is 212 g/mol. The Balaban J connectivity index is 2.07. The molecule has 1 heterocycles. The Bertz CT molecular complexity index is 384. The lowest BCUT2D eigenvalue weighted by Crippen LogP contribution is -2.29. The Labute approximate surface area is 103 Å². The molecule has 92 valence electrons. The predicted octanol–water partition coefficient (Wildman–Crippen LogP) is 3.03. The van der Waals surface area contributed by atoms with Gasteiger partial charge in [0.05, 0.1) is 0 Å². The highest BCUT2D eigenvalue weighted by atomic mass is 16.1. The average Bonchev–Trinajstić information content (AvgIpc) is 2.40. The minimum Gasteiger partial charge on any atom is -0.371 e. The summed E-state index contributed by atoms with van der Waals surface area (Å²) < 4.78 is 0. The van der Waals surface area contributed by atoms with Gasteiger partial charge in [-0.1, -0.05) is 13.0 Å². The van der Waals surface area contributed by atoms with Crippen molar-refractivity contribution in [2.45, 2.75) is 32.6 Å². The van der Waals surface area contributed by atoms with E-state index in [1.54, 1.807) is 0 Å². The van der Waals surface area contributed by atoms with E-state index in [0.29, 0.717) is 6.42 Å². The number of hydrogen-bond acceptors (Lipinski definition) is 2. The van der Waals surface area contributed by atoms with Crippen molar-refractivity contribution in [2.24, 2.45) is 0 Å². The van der Waals surface area contributed by atoms with Crippen molar-refractivity contribution in [3.63, 3.8) is 0 Å². The maximum atomic E-state index is 11.3. The summed E-state index contributed by atoms with van der Waals surface area (Å²) in [7, 11) is 0. The van der Waals surface area contributed by atoms with Crippen LogP contribution in [0.2, 0.25) is 0 Å². The molecule has 1 saturated heterocycles. The molecule has 0 saturated carbocycles. The summed E-state index contributed by atoms with van der Waals surface area (Å²) in [6.45, 7) is 4.13. The van der Waals surface area contributed by atoms with Crippen molar-refractivity contribution < 1.29 is 4.79 Å². The Morgan fingerprint density at radius 3 is 2.76 bits per heavy atom. The van der Waals surface area contributed by atoms with Crippen LogP contribution in [0.4, 0.5) is 11.4 Å². The van der Waals surface area contributed by atoms with Crippen LogP contribution in [0.3, 0.4) is 0 Å². The van der Waals surface area contributed by atoms with Crippen LogP contribution < -0.4 is 10.2 Å². The van der Waals surface area contributed by atoms with Crippen LogP contribution in [0.25, 0.3) is 0 Å². The number of nitrogens with one attached hydrogen (secondary N) is 1. The monoisotopic (exact) mass is 232 g/mol. The second kappa shape index (κ2) is 5.71. The van der Waals surface area contributed by atoms with Gasteiger partial charge in [-0.05, 0) is 37.5 Å². The van der Waals surface area contributed by atoms with Crippen molar-refractivity contribution in [3.8, 4) is 0 Å². The Hall–Kier alpha value is -1.51. The number of piperidine rings is 1. The van der Waals surface area contributed by atoms with Crippen molar-refractivity contribution >= 4 is 17.3 Å². The van der Waals surface area contributed by atoms with Gasteiger partial charge in [-0.2, -0.15) is 0 Å². The van der Waals surface area contributed by atoms with E-state index in [1.165, 1.54) is 24.9 Å². The zero-order valence-electron chi connectivity index (χ0n) is 10.4. The van der Waals surface area contributed by atoms with E-state index in [9.17, 15) is 4.79 Å². The molecule has 1 aliphatic heterocycles. The molecule has 0 unspecified atom stereocenters. The van der Waals surface area contributed by atoms with Crippen LogP contribution in [0, 0.1) is 0 Å². The summed E-state index contributed by atoms with van der Waals surface area (Å²) in [6.07, 6.45) is 4.40. The number of nitrogens with zero attached hydrogens (tertiary/aromatic N) is 1. The molecule has 1 aromatic carbocycles. The minimum atomic E-state index is 0.0702. The van der Waals surface area contributed by atoms with E-state index in [1.807, 2.05) is 19.1 Å². The number of rotatable bonds is 3. The number of carbonyl (C=O) groups excluding carboxylic acids is 1. The van der Waals surface area contributed by atoms with Crippen molar-refractivity contribution in [1.29, 1.82) is 0 Å². The van der Waals surface area contributed by atoms with Crippen LogP contribution in [0.15, 0.2) is 24.3 Å². The molecule has 1 aliphatic rings. The first-order chi connectivity index (χ1) is 8.29. The molecule has 0 aromatic heterocycles. The molecule has 3 heteroatoms. The predicted molar refractivity (Wildman–Crippen MR) is 71.4 cm³/mol. The van der Waals surface area contributed by atoms with Gasteiger partial charge >= 0.3 is 0 Å². The number of carbonyl (C=O) groups is 1. The lowest BCUT2D eigenvalue weighted by atomic mass is 10.1. The standard InChI is InChI=1S/C14H20N2O/c1-2-14(17)15-12-7-6-8-13(11-12)16-9-4-3-5-10-16/h6-8,11H,2-5,9-10H2,1H3,(H,15,17). The third-order valence-electron chi connectivity index (χ3n) is 3.17. The quantitative estimate of drug-likeness (QED) is 0.868. The molecule has 0 aliphatic carbocycles. The second-order valence-electron chi connectivity index (χ2n) is 4.50. The van der Waals surface area contributed by atoms with Gasteiger partial charge in [0, 0.05) is 30.9 Å². The molecule has 2 rings (SSSR count). The van der Waals surface area contributed by atoms with Gasteiger partial charge in [0.15, 0.2) is 0 Å². The highest BCUT2D eigenvalue weighted by molar-refractivity contribution is 5.90. The minimum absolute atomic E-state index is 0.0702. The fourth-order valence-corrected chi connectivity index (χ4v) is 2.18. The summed E-state index contributed by atoms with van der Waals surface area (Å²) in [5.41, 5.74) is 2.12. The first kappa shape index (κ1) is 12.0. The molecular formula is C14H20N2O. The first-order valence-electron chi connectivity index (χ1n) is 6.44. The Morgan fingerprint density at radius 1 is 1.29 bits per heavy atom. The highest BCUT2D eigenvalue weighted by Gasteiger charge is 2.11. The maximum absolute atomic E-state index is 11.3. The van der Waals surface area contributed by atoms with E-state index in [-0.39, 0.29) is 5.91 Å². The van der Waals surface area contributed by atoms with Gasteiger partial charge in [0.2, 0.25) is 5.91 Å². The number of benzene rings is 1. The molecule has 1 aromatic rings. The molecule has 0 bridgehead atoms. The molecule has 17 heavy (non-hydrogen) atoms. The van der Waals surface area contributed by atoms with Crippen LogP contribution in [0.5, 0.6) is 0 Å². The average molecular weight is 232 g/mol. The van der Waals surface area contributed by atoms with E-state index in [0.717, 1.165) is 18.8 Å². The largest absolute Gasteiger partial charge is 0.371 e. The van der Waals surface area contributed by atoms with Gasteiger partial charge in [0.1, 0.15) is 0 Å². The molecule has 0 spiro atoms. The number of anilines is 2. The first-order valence-corrected chi connectivity index (χ1v) is 6.44. The van der Waals surface area contributed by atoms with Crippen molar-refractivity contribution in [1.82, 2.24) is 0 Å². The van der Waals surface area contributed by atoms with Gasteiger partial charge < -0.3 is 10.2 Å². The van der Waals surface area contributed by atoms with Crippen LogP contribution >= 0.6 is 0 Å². The zero-order valence-corrected chi connectivity index (χ0v) is 10.4. The van der Waals surface area contributed by atoms with Crippen LogP contribution in [-0.2, 0) is 4.79 Å². The Kier molecular flexibility index (Phi) is 4.02. The lowest BCUT2D eigenvalue weighted by Gasteiger charge is -2.29. The van der Waals surface area contributed by atoms with Gasteiger partial charge in [0.25, 0.3) is 0 Å². The lowest BCUT2D eigenvalue weighted by molar-refractivity contribution is -0.115. The maximum Gasteiger partial charge on any atom is 0.224 e. The molecule has 1 fully saturated rings. The fourth-order valence-electron chi connectivity index (χ4n) is 2.18. The van der Waals surface area contributed by atoms with Crippen LogP contribution in [-0.4, -0.2) is 19.0 Å². The third kappa shape index (κ3) is 3.22. The molecule has 1 amide bonds. The van der Waals surface area contributed by atoms with Crippen molar-refractivity contribution in [3.05, 3.63) is 24.3 Å². The van der Waals surface area contributed by atoms with Gasteiger partial charge in [-0.15, -0.1) is 0 Å². The Morgan fingerprint density at radius 2 is 2.06 bits per heavy atom. The van der Waals surface area contributed by atoms with Crippen LogP contribution in [0.1, 0.15) is 32.6 Å². The topological polar surface area (TPSA) is 32.3 Å².